The van der Waals surface area contributed by atoms with Crippen molar-refractivity contribution in [3.8, 4) is 11.3 Å². The summed E-state index contributed by atoms with van der Waals surface area (Å²) in [6.45, 7) is 0. The molecule has 1 heterocycles. The van der Waals surface area contributed by atoms with Crippen LogP contribution in [0.5, 0.6) is 0 Å². The van der Waals surface area contributed by atoms with E-state index in [0.29, 0.717) is 0 Å². The van der Waals surface area contributed by atoms with Gasteiger partial charge in [-0.25, -0.2) is 13.1 Å². The van der Waals surface area contributed by atoms with Crippen molar-refractivity contribution in [2.75, 3.05) is 0 Å². The molecular formula is C21H23ClN2O2S. The first-order chi connectivity index (χ1) is 13.0. The summed E-state index contributed by atoms with van der Waals surface area (Å²) in [5.74, 6) is 0. The third kappa shape index (κ3) is 4.05. The highest BCUT2D eigenvalue weighted by Crippen LogP contribution is 2.30. The van der Waals surface area contributed by atoms with Crippen molar-refractivity contribution in [2.45, 2.75) is 49.5 Å². The molecule has 27 heavy (non-hydrogen) atoms. The SMILES string of the molecule is O=S(=O)(NC1CCCCCC1)c1cc(-c2cc3ccccc3[nH]2)ccc1Cl. The number of hydrogen-bond acceptors (Lipinski definition) is 2. The zero-order valence-electron chi connectivity index (χ0n) is 15.0. The summed E-state index contributed by atoms with van der Waals surface area (Å²) in [5.41, 5.74) is 2.69. The molecule has 0 unspecified atom stereocenters. The largest absolute Gasteiger partial charge is 0.355 e. The Morgan fingerprint density at radius 1 is 0.963 bits per heavy atom. The molecule has 1 aliphatic carbocycles. The number of H-pyrrole nitrogens is 1. The van der Waals surface area contributed by atoms with Gasteiger partial charge in [-0.3, -0.25) is 0 Å². The first-order valence-electron chi connectivity index (χ1n) is 9.43. The maximum Gasteiger partial charge on any atom is 0.242 e. The van der Waals surface area contributed by atoms with Crippen molar-refractivity contribution in [1.82, 2.24) is 9.71 Å². The molecule has 0 atom stereocenters. The van der Waals surface area contributed by atoms with E-state index < -0.39 is 10.0 Å². The molecule has 0 bridgehead atoms. The van der Waals surface area contributed by atoms with Gasteiger partial charge in [0.15, 0.2) is 0 Å². The number of sulfonamides is 1. The van der Waals surface area contributed by atoms with Gasteiger partial charge in [-0.15, -0.1) is 0 Å². The summed E-state index contributed by atoms with van der Waals surface area (Å²) in [7, 11) is -3.66. The Balaban J connectivity index is 1.67. The van der Waals surface area contributed by atoms with E-state index in [1.54, 1.807) is 12.1 Å². The summed E-state index contributed by atoms with van der Waals surface area (Å²) in [6, 6.07) is 15.1. The smallest absolute Gasteiger partial charge is 0.242 e. The summed E-state index contributed by atoms with van der Waals surface area (Å²) in [5, 5.41) is 1.33. The Morgan fingerprint density at radius 3 is 2.44 bits per heavy atom. The van der Waals surface area contributed by atoms with Crippen LogP contribution in [0.1, 0.15) is 38.5 Å². The van der Waals surface area contributed by atoms with Crippen LogP contribution >= 0.6 is 11.6 Å². The van der Waals surface area contributed by atoms with Gasteiger partial charge in [0.2, 0.25) is 10.0 Å². The number of rotatable bonds is 4. The number of nitrogens with one attached hydrogen (secondary N) is 2. The second kappa shape index (κ2) is 7.66. The van der Waals surface area contributed by atoms with Gasteiger partial charge in [-0.2, -0.15) is 0 Å². The molecular weight excluding hydrogens is 380 g/mol. The molecule has 4 nitrogen and oxygen atoms in total. The topological polar surface area (TPSA) is 62.0 Å². The summed E-state index contributed by atoms with van der Waals surface area (Å²) in [6.07, 6.45) is 6.26. The number of aromatic amines is 1. The normalized spacial score (nSPS) is 16.5. The van der Waals surface area contributed by atoms with E-state index in [9.17, 15) is 8.42 Å². The number of fused-ring (bicyclic) bond motifs is 1. The quantitative estimate of drug-likeness (QED) is 0.567. The molecule has 1 saturated carbocycles. The summed E-state index contributed by atoms with van der Waals surface area (Å²) in [4.78, 5) is 3.48. The number of halogens is 1. The van der Waals surface area contributed by atoms with Crippen molar-refractivity contribution in [1.29, 1.82) is 0 Å². The Labute approximate surface area is 165 Å². The minimum Gasteiger partial charge on any atom is -0.355 e. The van der Waals surface area contributed by atoms with Gasteiger partial charge in [0, 0.05) is 22.6 Å². The molecule has 3 aromatic rings. The van der Waals surface area contributed by atoms with Crippen molar-refractivity contribution in [3.63, 3.8) is 0 Å². The fourth-order valence-corrected chi connectivity index (χ4v) is 5.62. The highest BCUT2D eigenvalue weighted by molar-refractivity contribution is 7.89. The lowest BCUT2D eigenvalue weighted by Gasteiger charge is -2.17. The van der Waals surface area contributed by atoms with Crippen molar-refractivity contribution < 1.29 is 8.42 Å². The van der Waals surface area contributed by atoms with Crippen molar-refractivity contribution in [3.05, 3.63) is 53.6 Å². The lowest BCUT2D eigenvalue weighted by molar-refractivity contribution is 0.510. The zero-order chi connectivity index (χ0) is 18.9. The molecule has 4 rings (SSSR count). The number of hydrogen-bond donors (Lipinski definition) is 2. The number of benzene rings is 2. The minimum absolute atomic E-state index is 0.00898. The van der Waals surface area contributed by atoms with Gasteiger partial charge < -0.3 is 4.98 Å². The molecule has 0 aliphatic heterocycles. The standard InChI is InChI=1S/C21H23ClN2O2S/c22-18-12-11-16(20-13-15-7-5-6-10-19(15)23-20)14-21(18)27(25,26)24-17-8-3-1-2-4-9-17/h5-7,10-14,17,23-24H,1-4,8-9H2. The fraction of sp³-hybridized carbons (Fsp3) is 0.333. The second-order valence-corrected chi connectivity index (χ2v) is 9.31. The van der Waals surface area contributed by atoms with E-state index in [4.69, 9.17) is 11.6 Å². The lowest BCUT2D eigenvalue weighted by atomic mass is 10.1. The van der Waals surface area contributed by atoms with E-state index >= 15 is 0 Å². The zero-order valence-corrected chi connectivity index (χ0v) is 16.6. The van der Waals surface area contributed by atoms with Crippen LogP contribution in [0.2, 0.25) is 5.02 Å². The van der Waals surface area contributed by atoms with E-state index in [1.165, 1.54) is 12.8 Å². The van der Waals surface area contributed by atoms with Crippen LogP contribution in [-0.4, -0.2) is 19.4 Å². The number of para-hydroxylation sites is 1. The minimum atomic E-state index is -3.66. The van der Waals surface area contributed by atoms with Crippen LogP contribution in [0.25, 0.3) is 22.2 Å². The predicted octanol–water partition coefficient (Wildman–Crippen LogP) is 5.49. The van der Waals surface area contributed by atoms with Gasteiger partial charge in [-0.05, 0) is 42.7 Å². The molecule has 142 valence electrons. The molecule has 0 amide bonds. The third-order valence-electron chi connectivity index (χ3n) is 5.24. The first-order valence-corrected chi connectivity index (χ1v) is 11.3. The van der Waals surface area contributed by atoms with E-state index in [-0.39, 0.29) is 16.0 Å². The Hall–Kier alpha value is -1.82. The van der Waals surface area contributed by atoms with Crippen LogP contribution in [0.3, 0.4) is 0 Å². The maximum atomic E-state index is 13.0. The monoisotopic (exact) mass is 402 g/mol. The van der Waals surface area contributed by atoms with Gasteiger partial charge in [0.25, 0.3) is 0 Å². The van der Waals surface area contributed by atoms with E-state index in [1.807, 2.05) is 36.4 Å². The Morgan fingerprint density at radius 2 is 1.70 bits per heavy atom. The Kier molecular flexibility index (Phi) is 5.26. The Bertz CT molecular complexity index is 1020. The highest BCUT2D eigenvalue weighted by atomic mass is 35.5. The number of aromatic nitrogens is 1. The maximum absolute atomic E-state index is 13.0. The summed E-state index contributed by atoms with van der Waals surface area (Å²) < 4.78 is 28.8. The third-order valence-corrected chi connectivity index (χ3v) is 7.24. The molecule has 0 spiro atoms. The average Bonchev–Trinajstić information content (AvgIpc) is 2.92. The molecule has 1 aromatic heterocycles. The van der Waals surface area contributed by atoms with Crippen molar-refractivity contribution in [2.24, 2.45) is 0 Å². The van der Waals surface area contributed by atoms with Crippen LogP contribution in [0.4, 0.5) is 0 Å². The van der Waals surface area contributed by atoms with Gasteiger partial charge in [-0.1, -0.05) is 61.5 Å². The van der Waals surface area contributed by atoms with E-state index in [2.05, 4.69) is 9.71 Å². The van der Waals surface area contributed by atoms with Gasteiger partial charge in [0.1, 0.15) is 4.90 Å². The van der Waals surface area contributed by atoms with Crippen LogP contribution in [0.15, 0.2) is 53.4 Å². The molecule has 2 N–H and O–H groups in total. The van der Waals surface area contributed by atoms with Crippen LogP contribution in [0, 0.1) is 0 Å². The molecule has 1 fully saturated rings. The molecule has 0 saturated heterocycles. The first kappa shape index (κ1) is 18.5. The molecule has 6 heteroatoms. The van der Waals surface area contributed by atoms with Gasteiger partial charge >= 0.3 is 0 Å². The van der Waals surface area contributed by atoms with E-state index in [0.717, 1.165) is 47.8 Å². The second-order valence-electron chi connectivity index (χ2n) is 7.23. The predicted molar refractivity (Wildman–Crippen MR) is 111 cm³/mol. The van der Waals surface area contributed by atoms with Crippen molar-refractivity contribution >= 4 is 32.5 Å². The molecule has 0 radical (unpaired) electrons. The molecule has 2 aromatic carbocycles. The fourth-order valence-electron chi connectivity index (χ4n) is 3.79. The summed E-state index contributed by atoms with van der Waals surface area (Å²) >= 11 is 6.27. The van der Waals surface area contributed by atoms with Gasteiger partial charge in [0.05, 0.1) is 5.02 Å². The molecule has 1 aliphatic rings. The lowest BCUT2D eigenvalue weighted by Crippen LogP contribution is -2.34. The van der Waals surface area contributed by atoms with Crippen LogP contribution < -0.4 is 4.72 Å². The average molecular weight is 403 g/mol. The highest BCUT2D eigenvalue weighted by Gasteiger charge is 2.24. The van der Waals surface area contributed by atoms with Crippen LogP contribution in [-0.2, 0) is 10.0 Å².